The van der Waals surface area contributed by atoms with Gasteiger partial charge in [-0.3, -0.25) is 4.79 Å². The van der Waals surface area contributed by atoms with E-state index in [9.17, 15) is 4.79 Å². The highest BCUT2D eigenvalue weighted by atomic mass is 16.4. The number of benzene rings is 1. The lowest BCUT2D eigenvalue weighted by Crippen LogP contribution is -2.13. The van der Waals surface area contributed by atoms with Crippen molar-refractivity contribution in [3.63, 3.8) is 0 Å². The fraction of sp³-hybridized carbons (Fsp3) is 0.417. The lowest BCUT2D eigenvalue weighted by molar-refractivity contribution is -0.139. The van der Waals surface area contributed by atoms with Crippen LogP contribution in [0.25, 0.3) is 0 Å². The number of rotatable bonds is 3. The van der Waals surface area contributed by atoms with Crippen molar-refractivity contribution in [3.8, 4) is 0 Å². The predicted octanol–water partition coefficient (Wildman–Crippen LogP) is 2.44. The van der Waals surface area contributed by atoms with Crippen molar-refractivity contribution in [2.24, 2.45) is 5.92 Å². The van der Waals surface area contributed by atoms with Crippen LogP contribution in [-0.4, -0.2) is 11.1 Å². The van der Waals surface area contributed by atoms with Gasteiger partial charge in [0.2, 0.25) is 0 Å². The van der Waals surface area contributed by atoms with E-state index in [2.05, 4.69) is 6.92 Å². The summed E-state index contributed by atoms with van der Waals surface area (Å²) in [7, 11) is 0. The summed E-state index contributed by atoms with van der Waals surface area (Å²) in [5.41, 5.74) is 1.10. The SMILES string of the molecule is CCC1(c2ccccc2)C[C@H]1C(=O)O. The van der Waals surface area contributed by atoms with Crippen molar-refractivity contribution in [2.45, 2.75) is 25.2 Å². The highest BCUT2D eigenvalue weighted by molar-refractivity contribution is 5.77. The van der Waals surface area contributed by atoms with Gasteiger partial charge < -0.3 is 5.11 Å². The molecule has 1 aromatic carbocycles. The summed E-state index contributed by atoms with van der Waals surface area (Å²) in [5.74, 6) is -0.828. The van der Waals surface area contributed by atoms with Gasteiger partial charge in [-0.15, -0.1) is 0 Å². The Morgan fingerprint density at radius 3 is 2.57 bits per heavy atom. The highest BCUT2D eigenvalue weighted by Gasteiger charge is 2.57. The molecule has 0 amide bonds. The lowest BCUT2D eigenvalue weighted by atomic mass is 9.90. The summed E-state index contributed by atoms with van der Waals surface area (Å²) in [5, 5.41) is 8.98. The molecule has 2 nitrogen and oxygen atoms in total. The lowest BCUT2D eigenvalue weighted by Gasteiger charge is -2.13. The number of carbonyl (C=O) groups is 1. The Bertz CT molecular complexity index is 345. The minimum Gasteiger partial charge on any atom is -0.481 e. The van der Waals surface area contributed by atoms with Gasteiger partial charge in [-0.2, -0.15) is 0 Å². The van der Waals surface area contributed by atoms with Crippen LogP contribution >= 0.6 is 0 Å². The standard InChI is InChI=1S/C12H14O2/c1-2-12(8-10(12)11(13)14)9-6-4-3-5-7-9/h3-7,10H,2,8H2,1H3,(H,13,14)/t10-,12?/m0/s1. The van der Waals surface area contributed by atoms with Crippen molar-refractivity contribution in [1.29, 1.82) is 0 Å². The molecule has 0 aliphatic heterocycles. The van der Waals surface area contributed by atoms with Crippen LogP contribution in [0, 0.1) is 5.92 Å². The fourth-order valence-electron chi connectivity index (χ4n) is 2.31. The molecule has 0 aromatic heterocycles. The largest absolute Gasteiger partial charge is 0.481 e. The van der Waals surface area contributed by atoms with Crippen molar-refractivity contribution < 1.29 is 9.90 Å². The molecule has 1 aromatic rings. The van der Waals surface area contributed by atoms with Crippen LogP contribution in [0.4, 0.5) is 0 Å². The molecule has 74 valence electrons. The van der Waals surface area contributed by atoms with E-state index in [0.717, 1.165) is 12.8 Å². The van der Waals surface area contributed by atoms with Crippen LogP contribution in [0.2, 0.25) is 0 Å². The van der Waals surface area contributed by atoms with E-state index in [1.807, 2.05) is 30.3 Å². The second-order valence-corrected chi connectivity index (χ2v) is 3.97. The first-order chi connectivity index (χ1) is 6.70. The first-order valence-electron chi connectivity index (χ1n) is 4.99. The second kappa shape index (κ2) is 3.12. The van der Waals surface area contributed by atoms with E-state index in [1.165, 1.54) is 5.56 Å². The molecule has 0 bridgehead atoms. The molecule has 0 heterocycles. The molecule has 0 radical (unpaired) electrons. The quantitative estimate of drug-likeness (QED) is 0.794. The summed E-state index contributed by atoms with van der Waals surface area (Å²) in [6.07, 6.45) is 1.71. The van der Waals surface area contributed by atoms with E-state index in [4.69, 9.17) is 5.11 Å². The van der Waals surface area contributed by atoms with Gasteiger partial charge in [0.15, 0.2) is 0 Å². The first-order valence-corrected chi connectivity index (χ1v) is 4.99. The van der Waals surface area contributed by atoms with Gasteiger partial charge in [0.05, 0.1) is 5.92 Å². The zero-order valence-corrected chi connectivity index (χ0v) is 8.23. The molecule has 2 atom stereocenters. The van der Waals surface area contributed by atoms with Crippen molar-refractivity contribution in [1.82, 2.24) is 0 Å². The summed E-state index contributed by atoms with van der Waals surface area (Å²) in [4.78, 5) is 10.9. The molecule has 1 saturated carbocycles. The van der Waals surface area contributed by atoms with Crippen molar-refractivity contribution in [3.05, 3.63) is 35.9 Å². The third-order valence-corrected chi connectivity index (χ3v) is 3.35. The molecule has 1 fully saturated rings. The monoisotopic (exact) mass is 190 g/mol. The van der Waals surface area contributed by atoms with E-state index in [1.54, 1.807) is 0 Å². The van der Waals surface area contributed by atoms with E-state index >= 15 is 0 Å². The molecule has 2 rings (SSSR count). The third kappa shape index (κ3) is 1.22. The van der Waals surface area contributed by atoms with Crippen LogP contribution in [0.5, 0.6) is 0 Å². The Labute approximate surface area is 83.6 Å². The van der Waals surface area contributed by atoms with Crippen molar-refractivity contribution in [2.75, 3.05) is 0 Å². The Balaban J connectivity index is 2.29. The van der Waals surface area contributed by atoms with Gasteiger partial charge in [-0.05, 0) is 18.4 Å². The van der Waals surface area contributed by atoms with Crippen LogP contribution in [0.3, 0.4) is 0 Å². The topological polar surface area (TPSA) is 37.3 Å². The number of hydrogen-bond donors (Lipinski definition) is 1. The Kier molecular flexibility index (Phi) is 2.06. The number of aliphatic carboxylic acids is 1. The summed E-state index contributed by atoms with van der Waals surface area (Å²) in [6.45, 7) is 2.07. The second-order valence-electron chi connectivity index (χ2n) is 3.97. The average molecular weight is 190 g/mol. The molecule has 2 heteroatoms. The zero-order valence-electron chi connectivity index (χ0n) is 8.23. The fourth-order valence-corrected chi connectivity index (χ4v) is 2.31. The van der Waals surface area contributed by atoms with Gasteiger partial charge in [0, 0.05) is 5.41 Å². The smallest absolute Gasteiger partial charge is 0.307 e. The number of carboxylic acid groups (broad SMARTS) is 1. The summed E-state index contributed by atoms with van der Waals surface area (Å²) < 4.78 is 0. The summed E-state index contributed by atoms with van der Waals surface area (Å²) in [6, 6.07) is 9.98. The van der Waals surface area contributed by atoms with E-state index in [-0.39, 0.29) is 11.3 Å². The van der Waals surface area contributed by atoms with E-state index < -0.39 is 5.97 Å². The number of carboxylic acids is 1. The van der Waals surface area contributed by atoms with Gasteiger partial charge in [0.1, 0.15) is 0 Å². The molecule has 1 N–H and O–H groups in total. The van der Waals surface area contributed by atoms with Gasteiger partial charge >= 0.3 is 5.97 Å². The highest BCUT2D eigenvalue weighted by Crippen LogP contribution is 2.56. The number of hydrogen-bond acceptors (Lipinski definition) is 1. The average Bonchev–Trinajstić information content (AvgIpc) is 2.95. The van der Waals surface area contributed by atoms with Crippen LogP contribution in [0.1, 0.15) is 25.3 Å². The molecular weight excluding hydrogens is 176 g/mol. The zero-order chi connectivity index (χ0) is 10.2. The molecule has 14 heavy (non-hydrogen) atoms. The molecular formula is C12H14O2. The Morgan fingerprint density at radius 2 is 2.14 bits per heavy atom. The maximum atomic E-state index is 10.9. The molecule has 1 aliphatic carbocycles. The third-order valence-electron chi connectivity index (χ3n) is 3.35. The minimum atomic E-state index is -0.657. The van der Waals surface area contributed by atoms with Crippen molar-refractivity contribution >= 4 is 5.97 Å². The van der Waals surface area contributed by atoms with E-state index in [0.29, 0.717) is 0 Å². The van der Waals surface area contributed by atoms with Crippen LogP contribution in [-0.2, 0) is 10.2 Å². The predicted molar refractivity (Wildman–Crippen MR) is 54.2 cm³/mol. The van der Waals surface area contributed by atoms with Gasteiger partial charge in [-0.1, -0.05) is 37.3 Å². The normalized spacial score (nSPS) is 29.9. The van der Waals surface area contributed by atoms with Crippen LogP contribution < -0.4 is 0 Å². The Morgan fingerprint density at radius 1 is 1.50 bits per heavy atom. The minimum absolute atomic E-state index is 0.0763. The summed E-state index contributed by atoms with van der Waals surface area (Å²) >= 11 is 0. The van der Waals surface area contributed by atoms with Gasteiger partial charge in [-0.25, -0.2) is 0 Å². The first kappa shape index (κ1) is 9.25. The Hall–Kier alpha value is -1.31. The molecule has 1 aliphatic rings. The maximum absolute atomic E-state index is 10.9. The maximum Gasteiger partial charge on any atom is 0.307 e. The van der Waals surface area contributed by atoms with Crippen LogP contribution in [0.15, 0.2) is 30.3 Å². The van der Waals surface area contributed by atoms with Gasteiger partial charge in [0.25, 0.3) is 0 Å². The molecule has 0 spiro atoms. The molecule has 0 saturated heterocycles. The molecule has 1 unspecified atom stereocenters.